The molecule has 4 heteroatoms. The molecular weight excluding hydrogens is 190 g/mol. The molecule has 15 heavy (non-hydrogen) atoms. The first-order chi connectivity index (χ1) is 7.04. The van der Waals surface area contributed by atoms with Crippen LogP contribution in [0.1, 0.15) is 13.8 Å². The molecule has 1 unspecified atom stereocenters. The number of rotatable bonds is 3. The normalized spacial score (nSPS) is 19.7. The zero-order valence-corrected chi connectivity index (χ0v) is 10.3. The molecule has 4 nitrogen and oxygen atoms in total. The van der Waals surface area contributed by atoms with Crippen molar-refractivity contribution in [1.29, 1.82) is 0 Å². The first-order valence-corrected chi connectivity index (χ1v) is 5.70. The van der Waals surface area contributed by atoms with Gasteiger partial charge in [-0.3, -0.25) is 9.69 Å². The highest BCUT2D eigenvalue weighted by molar-refractivity contribution is 5.82. The van der Waals surface area contributed by atoms with Gasteiger partial charge in [0, 0.05) is 26.2 Å². The minimum Gasteiger partial charge on any atom is -0.339 e. The molecular formula is C11H23N3O. The van der Waals surface area contributed by atoms with Crippen LogP contribution < -0.4 is 5.32 Å². The van der Waals surface area contributed by atoms with Crippen molar-refractivity contribution in [1.82, 2.24) is 15.1 Å². The Hall–Kier alpha value is -0.610. The number of piperazine rings is 1. The van der Waals surface area contributed by atoms with Crippen molar-refractivity contribution in [3.05, 3.63) is 0 Å². The number of nitrogens with zero attached hydrogens (tertiary/aromatic N) is 2. The summed E-state index contributed by atoms with van der Waals surface area (Å²) in [6, 6.07) is 0.0168. The zero-order chi connectivity index (χ0) is 11.4. The van der Waals surface area contributed by atoms with Gasteiger partial charge >= 0.3 is 0 Å². The van der Waals surface area contributed by atoms with Crippen LogP contribution in [0.5, 0.6) is 0 Å². The third kappa shape index (κ3) is 3.18. The number of likely N-dealkylation sites (N-methyl/N-ethyl adjacent to an activating group) is 1. The first kappa shape index (κ1) is 12.5. The number of hydrogen-bond acceptors (Lipinski definition) is 3. The van der Waals surface area contributed by atoms with E-state index in [1.54, 1.807) is 0 Å². The Morgan fingerprint density at radius 2 is 1.80 bits per heavy atom. The number of carbonyl (C=O) groups is 1. The number of amides is 1. The lowest BCUT2D eigenvalue weighted by Gasteiger charge is -2.35. The number of hydrogen-bond donors (Lipinski definition) is 1. The van der Waals surface area contributed by atoms with Gasteiger partial charge in [0.05, 0.1) is 6.04 Å². The third-order valence-corrected chi connectivity index (χ3v) is 2.87. The van der Waals surface area contributed by atoms with Crippen molar-refractivity contribution >= 4 is 5.91 Å². The third-order valence-electron chi connectivity index (χ3n) is 2.87. The Labute approximate surface area is 92.6 Å². The van der Waals surface area contributed by atoms with E-state index in [0.29, 0.717) is 5.92 Å². The van der Waals surface area contributed by atoms with Gasteiger partial charge in [0.1, 0.15) is 0 Å². The molecule has 1 amide bonds. The van der Waals surface area contributed by atoms with Crippen molar-refractivity contribution in [2.24, 2.45) is 5.92 Å². The highest BCUT2D eigenvalue weighted by atomic mass is 16.2. The molecule has 0 bridgehead atoms. The van der Waals surface area contributed by atoms with Crippen LogP contribution in [0.15, 0.2) is 0 Å². The fourth-order valence-electron chi connectivity index (χ4n) is 2.17. The van der Waals surface area contributed by atoms with Crippen LogP contribution in [0.3, 0.4) is 0 Å². The summed E-state index contributed by atoms with van der Waals surface area (Å²) >= 11 is 0. The fraction of sp³-hybridized carbons (Fsp3) is 0.909. The van der Waals surface area contributed by atoms with Crippen molar-refractivity contribution in [3.8, 4) is 0 Å². The van der Waals surface area contributed by atoms with Crippen LogP contribution >= 0.6 is 0 Å². The average molecular weight is 213 g/mol. The van der Waals surface area contributed by atoms with Gasteiger partial charge in [-0.05, 0) is 20.0 Å². The van der Waals surface area contributed by atoms with Crippen LogP contribution in [0, 0.1) is 5.92 Å². The van der Waals surface area contributed by atoms with Crippen LogP contribution in [-0.2, 0) is 4.79 Å². The first-order valence-electron chi connectivity index (χ1n) is 5.70. The molecule has 88 valence electrons. The summed E-state index contributed by atoms with van der Waals surface area (Å²) in [6.45, 7) is 7.73. The zero-order valence-electron chi connectivity index (χ0n) is 10.3. The van der Waals surface area contributed by atoms with Gasteiger partial charge in [-0.1, -0.05) is 13.8 Å². The highest BCUT2D eigenvalue weighted by Crippen LogP contribution is 2.11. The van der Waals surface area contributed by atoms with E-state index in [-0.39, 0.29) is 11.9 Å². The summed E-state index contributed by atoms with van der Waals surface area (Å²) in [7, 11) is 3.95. The van der Waals surface area contributed by atoms with Gasteiger partial charge in [0.2, 0.25) is 5.91 Å². The summed E-state index contributed by atoms with van der Waals surface area (Å²) in [5.41, 5.74) is 0. The van der Waals surface area contributed by atoms with E-state index in [1.807, 2.05) is 23.9 Å². The van der Waals surface area contributed by atoms with Gasteiger partial charge in [-0.2, -0.15) is 0 Å². The van der Waals surface area contributed by atoms with Crippen molar-refractivity contribution < 1.29 is 4.79 Å². The van der Waals surface area contributed by atoms with Gasteiger partial charge < -0.3 is 10.2 Å². The Morgan fingerprint density at radius 3 is 2.20 bits per heavy atom. The number of carbonyl (C=O) groups excluding carboxylic acids is 1. The van der Waals surface area contributed by atoms with Gasteiger partial charge in [0.15, 0.2) is 0 Å². The average Bonchev–Trinajstić information content (AvgIpc) is 2.18. The molecule has 1 atom stereocenters. The molecule has 0 aromatic rings. The maximum Gasteiger partial charge on any atom is 0.240 e. The van der Waals surface area contributed by atoms with E-state index in [9.17, 15) is 4.79 Å². The van der Waals surface area contributed by atoms with E-state index in [1.165, 1.54) is 0 Å². The van der Waals surface area contributed by atoms with Crippen LogP contribution in [0.2, 0.25) is 0 Å². The van der Waals surface area contributed by atoms with Gasteiger partial charge in [-0.25, -0.2) is 0 Å². The smallest absolute Gasteiger partial charge is 0.240 e. The Kier molecular flexibility index (Phi) is 4.54. The Bertz CT molecular complexity index is 202. The topological polar surface area (TPSA) is 35.6 Å². The van der Waals surface area contributed by atoms with Gasteiger partial charge in [0.25, 0.3) is 0 Å². The molecule has 0 aromatic heterocycles. The maximum atomic E-state index is 12.2. The molecule has 0 aromatic carbocycles. The molecule has 0 spiro atoms. The SMILES string of the molecule is CC(C)C(C(=O)N1CCNCC1)N(C)C. The van der Waals surface area contributed by atoms with Crippen LogP contribution in [0.25, 0.3) is 0 Å². The van der Waals surface area contributed by atoms with E-state index in [0.717, 1.165) is 26.2 Å². The standard InChI is InChI=1S/C11H23N3O/c1-9(2)10(13(3)4)11(15)14-7-5-12-6-8-14/h9-10,12H,5-8H2,1-4H3. The second kappa shape index (κ2) is 5.47. The van der Waals surface area contributed by atoms with Crippen molar-refractivity contribution in [2.45, 2.75) is 19.9 Å². The highest BCUT2D eigenvalue weighted by Gasteiger charge is 2.29. The summed E-state index contributed by atoms with van der Waals surface area (Å²) in [6.07, 6.45) is 0. The van der Waals surface area contributed by atoms with Crippen molar-refractivity contribution in [3.63, 3.8) is 0 Å². The van der Waals surface area contributed by atoms with E-state index in [4.69, 9.17) is 0 Å². The van der Waals surface area contributed by atoms with Crippen LogP contribution in [0.4, 0.5) is 0 Å². The monoisotopic (exact) mass is 213 g/mol. The fourth-order valence-corrected chi connectivity index (χ4v) is 2.17. The minimum atomic E-state index is 0.0168. The quantitative estimate of drug-likeness (QED) is 0.717. The largest absolute Gasteiger partial charge is 0.339 e. The molecule has 0 radical (unpaired) electrons. The Morgan fingerprint density at radius 1 is 1.27 bits per heavy atom. The van der Waals surface area contributed by atoms with Crippen molar-refractivity contribution in [2.75, 3.05) is 40.3 Å². The predicted octanol–water partition coefficient (Wildman–Crippen LogP) is 0.00440. The lowest BCUT2D eigenvalue weighted by molar-refractivity contribution is -0.138. The molecule has 1 saturated heterocycles. The summed E-state index contributed by atoms with van der Waals surface area (Å²) in [4.78, 5) is 16.2. The molecule has 1 fully saturated rings. The number of nitrogens with one attached hydrogen (secondary N) is 1. The lowest BCUT2D eigenvalue weighted by Crippen LogP contribution is -2.54. The summed E-state index contributed by atoms with van der Waals surface area (Å²) in [5.74, 6) is 0.638. The molecule has 1 heterocycles. The van der Waals surface area contributed by atoms with E-state index in [2.05, 4.69) is 19.2 Å². The molecule has 0 aliphatic carbocycles. The van der Waals surface area contributed by atoms with E-state index < -0.39 is 0 Å². The summed E-state index contributed by atoms with van der Waals surface area (Å²) in [5, 5.41) is 3.26. The molecule has 1 N–H and O–H groups in total. The molecule has 1 aliphatic rings. The second-order valence-corrected chi connectivity index (χ2v) is 4.73. The van der Waals surface area contributed by atoms with Gasteiger partial charge in [-0.15, -0.1) is 0 Å². The Balaban J connectivity index is 2.62. The molecule has 1 rings (SSSR count). The van der Waals surface area contributed by atoms with Crippen LogP contribution in [-0.4, -0.2) is 62.0 Å². The van der Waals surface area contributed by atoms with E-state index >= 15 is 0 Å². The second-order valence-electron chi connectivity index (χ2n) is 4.73. The molecule has 0 saturated carbocycles. The lowest BCUT2D eigenvalue weighted by atomic mass is 10.0. The summed E-state index contributed by atoms with van der Waals surface area (Å²) < 4.78 is 0. The maximum absolute atomic E-state index is 12.2. The minimum absolute atomic E-state index is 0.0168. The predicted molar refractivity (Wildman–Crippen MR) is 61.8 cm³/mol. The molecule has 1 aliphatic heterocycles.